The van der Waals surface area contributed by atoms with E-state index < -0.39 is 5.97 Å². The van der Waals surface area contributed by atoms with Gasteiger partial charge in [0, 0.05) is 10.9 Å². The largest absolute Gasteiger partial charge is 0.478 e. The molecule has 0 aliphatic heterocycles. The Morgan fingerprint density at radius 2 is 2.08 bits per heavy atom. The molecule has 5 nitrogen and oxygen atoms in total. The Balaban J connectivity index is 1.87. The molecule has 0 atom stereocenters. The molecule has 6 heteroatoms. The van der Waals surface area contributed by atoms with Gasteiger partial charge in [-0.1, -0.05) is 36.4 Å². The van der Waals surface area contributed by atoms with Gasteiger partial charge in [-0.3, -0.25) is 5.43 Å². The van der Waals surface area contributed by atoms with Crippen molar-refractivity contribution in [3.63, 3.8) is 0 Å². The molecule has 0 saturated carbocycles. The van der Waals surface area contributed by atoms with Gasteiger partial charge < -0.3 is 5.11 Å². The quantitative estimate of drug-likeness (QED) is 0.539. The number of aromatic carboxylic acids is 1. The summed E-state index contributed by atoms with van der Waals surface area (Å²) < 4.78 is 0. The number of hydrazone groups is 1. The molecular weight excluding hydrogens is 322 g/mol. The van der Waals surface area contributed by atoms with E-state index in [1.54, 1.807) is 24.4 Å². The Kier molecular flexibility index (Phi) is 4.67. The van der Waals surface area contributed by atoms with Gasteiger partial charge in [0.25, 0.3) is 0 Å². The molecule has 2 aromatic carbocycles. The Labute approximate surface area is 143 Å². The van der Waals surface area contributed by atoms with E-state index in [4.69, 9.17) is 5.11 Å². The van der Waals surface area contributed by atoms with Gasteiger partial charge >= 0.3 is 5.97 Å². The normalized spacial score (nSPS) is 10.9. The number of rotatable bonds is 5. The molecule has 0 fully saturated rings. The summed E-state index contributed by atoms with van der Waals surface area (Å²) in [6.45, 7) is 1.93. The highest BCUT2D eigenvalue weighted by atomic mass is 32.1. The van der Waals surface area contributed by atoms with Crippen molar-refractivity contribution in [2.24, 2.45) is 5.10 Å². The summed E-state index contributed by atoms with van der Waals surface area (Å²) in [5.41, 5.74) is 6.76. The first kappa shape index (κ1) is 15.9. The second kappa shape index (κ2) is 7.06. The highest BCUT2D eigenvalue weighted by molar-refractivity contribution is 7.13. The maximum atomic E-state index is 11.2. The number of aryl methyl sites for hydroxylation is 1. The van der Waals surface area contributed by atoms with Crippen LogP contribution in [0.15, 0.2) is 59.0 Å². The van der Waals surface area contributed by atoms with Gasteiger partial charge in [0.05, 0.1) is 17.5 Å². The maximum absolute atomic E-state index is 11.2. The van der Waals surface area contributed by atoms with E-state index in [1.165, 1.54) is 11.3 Å². The van der Waals surface area contributed by atoms with Crippen LogP contribution in [0.4, 0.5) is 5.13 Å². The van der Waals surface area contributed by atoms with Crippen LogP contribution in [0.5, 0.6) is 0 Å². The minimum atomic E-state index is -0.941. The minimum Gasteiger partial charge on any atom is -0.478 e. The van der Waals surface area contributed by atoms with Crippen molar-refractivity contribution in [1.29, 1.82) is 0 Å². The van der Waals surface area contributed by atoms with Crippen molar-refractivity contribution in [3.05, 3.63) is 70.7 Å². The minimum absolute atomic E-state index is 0.260. The van der Waals surface area contributed by atoms with E-state index in [1.807, 2.05) is 42.6 Å². The highest BCUT2D eigenvalue weighted by Gasteiger charge is 2.07. The maximum Gasteiger partial charge on any atom is 0.335 e. The molecule has 1 heterocycles. The van der Waals surface area contributed by atoms with Crippen LogP contribution < -0.4 is 5.43 Å². The Bertz CT molecular complexity index is 903. The Morgan fingerprint density at radius 1 is 1.25 bits per heavy atom. The van der Waals surface area contributed by atoms with Crippen LogP contribution in [0.1, 0.15) is 21.6 Å². The molecular formula is C18H15N3O2S. The number of nitrogens with zero attached hydrogens (tertiary/aromatic N) is 2. The fourth-order valence-electron chi connectivity index (χ4n) is 2.25. The number of benzene rings is 2. The summed E-state index contributed by atoms with van der Waals surface area (Å²) in [6.07, 6.45) is 1.71. The monoisotopic (exact) mass is 337 g/mol. The number of carboxylic acid groups (broad SMARTS) is 1. The van der Waals surface area contributed by atoms with Crippen molar-refractivity contribution in [3.8, 4) is 11.1 Å². The van der Waals surface area contributed by atoms with Crippen molar-refractivity contribution >= 4 is 28.7 Å². The van der Waals surface area contributed by atoms with Crippen LogP contribution in [0.3, 0.4) is 0 Å². The zero-order valence-electron chi connectivity index (χ0n) is 12.9. The molecule has 0 aliphatic rings. The number of carbonyl (C=O) groups is 1. The van der Waals surface area contributed by atoms with E-state index in [0.29, 0.717) is 0 Å². The Hall–Kier alpha value is -2.99. The van der Waals surface area contributed by atoms with Gasteiger partial charge in [-0.15, -0.1) is 11.3 Å². The lowest BCUT2D eigenvalue weighted by atomic mass is 9.99. The van der Waals surface area contributed by atoms with E-state index in [2.05, 4.69) is 15.5 Å². The molecule has 0 spiro atoms. The molecule has 24 heavy (non-hydrogen) atoms. The second-order valence-electron chi connectivity index (χ2n) is 5.14. The Morgan fingerprint density at radius 3 is 2.83 bits per heavy atom. The smallest absolute Gasteiger partial charge is 0.335 e. The van der Waals surface area contributed by atoms with Gasteiger partial charge in [0.1, 0.15) is 0 Å². The first-order chi connectivity index (χ1) is 11.6. The van der Waals surface area contributed by atoms with E-state index in [0.717, 1.165) is 27.5 Å². The standard InChI is InChI=1S/C18H15N3O2S/c1-12-11-24-18(20-12)21-19-10-15-5-2-3-8-16(15)13-6-4-7-14(9-13)17(22)23/h2-11H,1H3,(H,20,21)(H,22,23). The number of hydrogen-bond donors (Lipinski definition) is 2. The van der Waals surface area contributed by atoms with Gasteiger partial charge in [-0.25, -0.2) is 9.78 Å². The fraction of sp³-hybridized carbons (Fsp3) is 0.0556. The molecule has 1 aromatic heterocycles. The first-order valence-corrected chi connectivity index (χ1v) is 8.15. The van der Waals surface area contributed by atoms with Gasteiger partial charge in [-0.05, 0) is 30.2 Å². The average Bonchev–Trinajstić information content (AvgIpc) is 3.01. The van der Waals surface area contributed by atoms with E-state index in [-0.39, 0.29) is 5.56 Å². The first-order valence-electron chi connectivity index (χ1n) is 7.27. The van der Waals surface area contributed by atoms with Crippen LogP contribution >= 0.6 is 11.3 Å². The molecule has 0 saturated heterocycles. The van der Waals surface area contributed by atoms with Crippen molar-refractivity contribution in [2.45, 2.75) is 6.92 Å². The number of anilines is 1. The molecule has 0 unspecified atom stereocenters. The van der Waals surface area contributed by atoms with Crippen molar-refractivity contribution in [2.75, 3.05) is 5.43 Å². The molecule has 3 rings (SSSR count). The zero-order chi connectivity index (χ0) is 16.9. The topological polar surface area (TPSA) is 74.6 Å². The summed E-state index contributed by atoms with van der Waals surface area (Å²) >= 11 is 1.49. The SMILES string of the molecule is Cc1csc(NN=Cc2ccccc2-c2cccc(C(=O)O)c2)n1. The number of carboxylic acids is 1. The van der Waals surface area contributed by atoms with Crippen LogP contribution in [0, 0.1) is 6.92 Å². The number of thiazole rings is 1. The number of nitrogens with one attached hydrogen (secondary N) is 1. The lowest BCUT2D eigenvalue weighted by Crippen LogP contribution is -1.97. The van der Waals surface area contributed by atoms with Crippen LogP contribution in [-0.2, 0) is 0 Å². The number of hydrogen-bond acceptors (Lipinski definition) is 5. The summed E-state index contributed by atoms with van der Waals surface area (Å²) in [7, 11) is 0. The van der Waals surface area contributed by atoms with Crippen molar-refractivity contribution in [1.82, 2.24) is 4.98 Å². The van der Waals surface area contributed by atoms with E-state index in [9.17, 15) is 4.79 Å². The second-order valence-corrected chi connectivity index (χ2v) is 6.00. The molecule has 0 bridgehead atoms. The zero-order valence-corrected chi connectivity index (χ0v) is 13.7. The summed E-state index contributed by atoms with van der Waals surface area (Å²) in [5, 5.41) is 16.1. The summed E-state index contributed by atoms with van der Waals surface area (Å²) in [6, 6.07) is 14.6. The van der Waals surface area contributed by atoms with Crippen molar-refractivity contribution < 1.29 is 9.90 Å². The summed E-state index contributed by atoms with van der Waals surface area (Å²) in [5.74, 6) is -0.941. The summed E-state index contributed by atoms with van der Waals surface area (Å²) in [4.78, 5) is 15.4. The predicted molar refractivity (Wildman–Crippen MR) is 96.9 cm³/mol. The molecule has 0 amide bonds. The molecule has 2 N–H and O–H groups in total. The van der Waals surface area contributed by atoms with Crippen LogP contribution in [0.25, 0.3) is 11.1 Å². The van der Waals surface area contributed by atoms with E-state index >= 15 is 0 Å². The third-order valence-electron chi connectivity index (χ3n) is 3.36. The van der Waals surface area contributed by atoms with Gasteiger partial charge in [0.15, 0.2) is 0 Å². The molecule has 0 aliphatic carbocycles. The average molecular weight is 337 g/mol. The van der Waals surface area contributed by atoms with Crippen LogP contribution in [0.2, 0.25) is 0 Å². The van der Waals surface area contributed by atoms with Gasteiger partial charge in [-0.2, -0.15) is 5.10 Å². The highest BCUT2D eigenvalue weighted by Crippen LogP contribution is 2.24. The van der Waals surface area contributed by atoms with Crippen LogP contribution in [-0.4, -0.2) is 22.3 Å². The fourth-order valence-corrected chi connectivity index (χ4v) is 2.89. The molecule has 0 radical (unpaired) electrons. The lowest BCUT2D eigenvalue weighted by molar-refractivity contribution is 0.0697. The third kappa shape index (κ3) is 3.67. The number of aromatic nitrogens is 1. The third-order valence-corrected chi connectivity index (χ3v) is 4.23. The molecule has 3 aromatic rings. The molecule has 120 valence electrons. The predicted octanol–water partition coefficient (Wildman–Crippen LogP) is 4.26. The van der Waals surface area contributed by atoms with Gasteiger partial charge in [0.2, 0.25) is 5.13 Å². The lowest BCUT2D eigenvalue weighted by Gasteiger charge is -2.07.